The number of nitrogens with zero attached hydrogens (tertiary/aromatic N) is 1. The Balaban J connectivity index is 1.27. The van der Waals surface area contributed by atoms with Gasteiger partial charge in [-0.1, -0.05) is 121 Å². The zero-order valence-electron chi connectivity index (χ0n) is 33.3. The van der Waals surface area contributed by atoms with Crippen LogP contribution in [0.25, 0.3) is 0 Å². The van der Waals surface area contributed by atoms with Gasteiger partial charge < -0.3 is 33.2 Å². The van der Waals surface area contributed by atoms with Gasteiger partial charge in [0.15, 0.2) is 0 Å². The molecule has 0 unspecified atom stereocenters. The first kappa shape index (κ1) is 41.9. The minimum Gasteiger partial charge on any atom is -0.444 e. The second-order valence-electron chi connectivity index (χ2n) is 15.8. The lowest BCUT2D eigenvalue weighted by Gasteiger charge is -2.46. The van der Waals surface area contributed by atoms with Crippen LogP contribution < -0.4 is 0 Å². The molecule has 0 saturated carbocycles. The highest BCUT2D eigenvalue weighted by atomic mass is 32.2. The van der Waals surface area contributed by atoms with Crippen molar-refractivity contribution in [1.29, 1.82) is 0 Å². The van der Waals surface area contributed by atoms with Crippen LogP contribution in [-0.4, -0.2) is 83.6 Å². The molecule has 0 radical (unpaired) electrons. The van der Waals surface area contributed by atoms with Crippen LogP contribution in [0.5, 0.6) is 0 Å². The first-order chi connectivity index (χ1) is 27.1. The molecule has 4 aromatic carbocycles. The molecule has 0 spiro atoms. The van der Waals surface area contributed by atoms with Gasteiger partial charge in [0.1, 0.15) is 35.7 Å². The maximum absolute atomic E-state index is 13.4. The number of thioether (sulfide) groups is 1. The monoisotopic (exact) mass is 783 g/mol. The van der Waals surface area contributed by atoms with E-state index in [1.54, 1.807) is 16.7 Å². The molecule has 6 rings (SSSR count). The molecule has 2 fully saturated rings. The maximum atomic E-state index is 13.4. The Bertz CT molecular complexity index is 1740. The lowest BCUT2D eigenvalue weighted by atomic mass is 9.94. The fourth-order valence-corrected chi connectivity index (χ4v) is 8.18. The highest BCUT2D eigenvalue weighted by molar-refractivity contribution is 7.99. The third kappa shape index (κ3) is 12.1. The van der Waals surface area contributed by atoms with Gasteiger partial charge in [-0.25, -0.2) is 4.79 Å². The maximum Gasteiger partial charge on any atom is 0.412 e. The summed E-state index contributed by atoms with van der Waals surface area (Å²) < 4.78 is 45.9. The summed E-state index contributed by atoms with van der Waals surface area (Å²) in [6, 6.07) is 40.4. The molecule has 0 bridgehead atoms. The summed E-state index contributed by atoms with van der Waals surface area (Å²) in [5.74, 6) is 1.19. The van der Waals surface area contributed by atoms with E-state index in [-0.39, 0.29) is 12.1 Å². The minimum atomic E-state index is -0.795. The van der Waals surface area contributed by atoms with E-state index in [2.05, 4.69) is 48.5 Å². The molecule has 4 aromatic rings. The molecule has 0 N–H and O–H groups in total. The zero-order chi connectivity index (χ0) is 39.4. The molecule has 56 heavy (non-hydrogen) atoms. The summed E-state index contributed by atoms with van der Waals surface area (Å²) in [5, 5.41) is 0. The van der Waals surface area contributed by atoms with Gasteiger partial charge in [-0.05, 0) is 56.9 Å². The zero-order valence-corrected chi connectivity index (χ0v) is 34.1. The number of carbonyl (C=O) groups excluding carboxylic acids is 1. The second-order valence-corrected chi connectivity index (χ2v) is 16.9. The molecule has 2 aliphatic rings. The number of hydrogen-bond donors (Lipinski definition) is 0. The molecule has 6 atom stereocenters. The molecule has 300 valence electrons. The summed E-state index contributed by atoms with van der Waals surface area (Å²) in [6.07, 6.45) is -2.74. The Morgan fingerprint density at radius 2 is 1.11 bits per heavy atom. The van der Waals surface area contributed by atoms with E-state index in [4.69, 9.17) is 33.2 Å². The highest BCUT2D eigenvalue weighted by Crippen LogP contribution is 2.35. The number of ether oxygens (including phenoxy) is 7. The van der Waals surface area contributed by atoms with E-state index in [1.165, 1.54) is 0 Å². The molecule has 2 saturated heterocycles. The Morgan fingerprint density at radius 1 is 0.661 bits per heavy atom. The van der Waals surface area contributed by atoms with Crippen LogP contribution in [0.1, 0.15) is 56.9 Å². The third-order valence-corrected chi connectivity index (χ3v) is 10.9. The van der Waals surface area contributed by atoms with Gasteiger partial charge in [0.05, 0.1) is 51.8 Å². The normalized spacial score (nSPS) is 23.6. The molecule has 9 nitrogen and oxygen atoms in total. The van der Waals surface area contributed by atoms with Crippen molar-refractivity contribution in [2.24, 2.45) is 0 Å². The van der Waals surface area contributed by atoms with Crippen molar-refractivity contribution in [1.82, 2.24) is 4.90 Å². The predicted molar refractivity (Wildman–Crippen MR) is 219 cm³/mol. The predicted octanol–water partition coefficient (Wildman–Crippen LogP) is 8.83. The van der Waals surface area contributed by atoms with E-state index in [0.717, 1.165) is 22.3 Å². The first-order valence-electron chi connectivity index (χ1n) is 19.5. The lowest BCUT2D eigenvalue weighted by molar-refractivity contribution is -0.268. The first-order valence-corrected chi connectivity index (χ1v) is 20.7. The molecular formula is C46H57NO8S. The molecule has 10 heteroatoms. The molecular weight excluding hydrogens is 727 g/mol. The van der Waals surface area contributed by atoms with Crippen molar-refractivity contribution in [2.75, 3.05) is 24.7 Å². The number of benzene rings is 4. The van der Waals surface area contributed by atoms with Crippen molar-refractivity contribution in [3.63, 3.8) is 0 Å². The number of carbonyl (C=O) groups is 1. The third-order valence-electron chi connectivity index (χ3n) is 9.74. The standard InChI is InChI=1S/C46H57NO8S/c1-45(2,3)55-44(48)47-38(30-53-46(47,4)5)32-56-33-40-42(51-28-36-22-14-8-15-23-36)43(52-29-37-24-16-9-17-25-37)41(50-27-35-20-12-7-13-21-35)39(54-40)31-49-26-34-18-10-6-11-19-34/h6-25,38-43H,26-33H2,1-5H3/t38-,39+,40-,41+,42-,43-/m0/s1. The summed E-state index contributed by atoms with van der Waals surface area (Å²) in [7, 11) is 0. The van der Waals surface area contributed by atoms with E-state index < -0.39 is 41.8 Å². The molecule has 2 heterocycles. The topological polar surface area (TPSA) is 84.9 Å². The van der Waals surface area contributed by atoms with Crippen molar-refractivity contribution in [2.45, 2.75) is 109 Å². The fraction of sp³-hybridized carbons (Fsp3) is 0.457. The largest absolute Gasteiger partial charge is 0.444 e. The number of amides is 1. The fourth-order valence-electron chi connectivity index (χ4n) is 7.03. The van der Waals surface area contributed by atoms with Crippen molar-refractivity contribution < 1.29 is 38.0 Å². The summed E-state index contributed by atoms with van der Waals surface area (Å²) in [6.45, 7) is 11.7. The highest BCUT2D eigenvalue weighted by Gasteiger charge is 2.49. The van der Waals surface area contributed by atoms with Crippen molar-refractivity contribution in [3.8, 4) is 0 Å². The van der Waals surface area contributed by atoms with E-state index in [1.807, 2.05) is 107 Å². The van der Waals surface area contributed by atoms with Crippen molar-refractivity contribution >= 4 is 17.9 Å². The van der Waals surface area contributed by atoms with Crippen LogP contribution in [0.15, 0.2) is 121 Å². The van der Waals surface area contributed by atoms with Crippen LogP contribution in [0, 0.1) is 0 Å². The quantitative estimate of drug-likeness (QED) is 0.104. The Hall–Kier alpha value is -3.74. The van der Waals surface area contributed by atoms with Crippen LogP contribution in [0.3, 0.4) is 0 Å². The van der Waals surface area contributed by atoms with Crippen LogP contribution in [0.4, 0.5) is 4.79 Å². The van der Waals surface area contributed by atoms with E-state index >= 15 is 0 Å². The number of rotatable bonds is 17. The Kier molecular flexibility index (Phi) is 15.0. The van der Waals surface area contributed by atoms with Crippen LogP contribution in [0.2, 0.25) is 0 Å². The Morgan fingerprint density at radius 3 is 1.59 bits per heavy atom. The average molecular weight is 784 g/mol. The summed E-state index contributed by atoms with van der Waals surface area (Å²) in [4.78, 5) is 15.2. The molecule has 1 amide bonds. The SMILES string of the molecule is CC(C)(C)OC(=O)N1[C@H](CSC[C@@H]2O[C@H](COCc3ccccc3)[C@@H](OCc3ccccc3)[C@H](OCc3ccccc3)[C@H]2OCc2ccccc2)COC1(C)C. The van der Waals surface area contributed by atoms with Gasteiger partial charge in [0.2, 0.25) is 0 Å². The van der Waals surface area contributed by atoms with E-state index in [9.17, 15) is 4.79 Å². The van der Waals surface area contributed by atoms with Gasteiger partial charge >= 0.3 is 6.09 Å². The average Bonchev–Trinajstić information content (AvgIpc) is 3.50. The van der Waals surface area contributed by atoms with Gasteiger partial charge in [-0.15, -0.1) is 0 Å². The summed E-state index contributed by atoms with van der Waals surface area (Å²) >= 11 is 1.70. The van der Waals surface area contributed by atoms with Crippen molar-refractivity contribution in [3.05, 3.63) is 144 Å². The minimum absolute atomic E-state index is 0.186. The van der Waals surface area contributed by atoms with Gasteiger partial charge in [-0.2, -0.15) is 11.8 Å². The number of hydrogen-bond acceptors (Lipinski definition) is 9. The van der Waals surface area contributed by atoms with Gasteiger partial charge in [0, 0.05) is 11.5 Å². The summed E-state index contributed by atoms with van der Waals surface area (Å²) in [5.41, 5.74) is 2.81. The smallest absolute Gasteiger partial charge is 0.412 e. The molecule has 2 aliphatic heterocycles. The van der Waals surface area contributed by atoms with Gasteiger partial charge in [-0.3, -0.25) is 4.90 Å². The van der Waals surface area contributed by atoms with Gasteiger partial charge in [0.25, 0.3) is 0 Å². The van der Waals surface area contributed by atoms with Crippen LogP contribution >= 0.6 is 11.8 Å². The second kappa shape index (κ2) is 20.1. The lowest BCUT2D eigenvalue weighted by Crippen LogP contribution is -2.61. The molecule has 0 aliphatic carbocycles. The Labute approximate surface area is 336 Å². The molecule has 0 aromatic heterocycles. The van der Waals surface area contributed by atoms with E-state index in [0.29, 0.717) is 51.1 Å². The van der Waals surface area contributed by atoms with Crippen LogP contribution in [-0.2, 0) is 59.6 Å².